The fourth-order valence-corrected chi connectivity index (χ4v) is 3.78. The monoisotopic (exact) mass is 390 g/mol. The van der Waals surface area contributed by atoms with Gasteiger partial charge in [0, 0.05) is 24.8 Å². The first-order valence-corrected chi connectivity index (χ1v) is 10.0. The molecule has 29 heavy (non-hydrogen) atoms. The summed E-state index contributed by atoms with van der Waals surface area (Å²) in [5.74, 6) is 1.70. The van der Waals surface area contributed by atoms with Crippen molar-refractivity contribution in [2.24, 2.45) is 0 Å². The van der Waals surface area contributed by atoms with Gasteiger partial charge in [-0.25, -0.2) is 9.97 Å². The van der Waals surface area contributed by atoms with Crippen LogP contribution in [0.3, 0.4) is 0 Å². The number of piperidine rings is 1. The van der Waals surface area contributed by atoms with E-state index in [1.54, 1.807) is 12.1 Å². The molecule has 7 nitrogen and oxygen atoms in total. The molecule has 0 atom stereocenters. The van der Waals surface area contributed by atoms with Gasteiger partial charge in [0.1, 0.15) is 13.2 Å². The number of benzene rings is 2. The second kappa shape index (κ2) is 7.58. The van der Waals surface area contributed by atoms with E-state index in [4.69, 9.17) is 14.5 Å². The number of aromatic nitrogens is 2. The first-order chi connectivity index (χ1) is 14.3. The van der Waals surface area contributed by atoms with Gasteiger partial charge in [0.15, 0.2) is 23.0 Å². The molecule has 1 amide bonds. The van der Waals surface area contributed by atoms with Crippen LogP contribution in [-0.4, -0.2) is 42.2 Å². The van der Waals surface area contributed by atoms with E-state index in [1.165, 1.54) is 6.42 Å². The van der Waals surface area contributed by atoms with Crippen LogP contribution in [0.2, 0.25) is 0 Å². The number of hydrogen-bond acceptors (Lipinski definition) is 6. The number of rotatable bonds is 3. The number of nitrogens with one attached hydrogen (secondary N) is 1. The van der Waals surface area contributed by atoms with E-state index in [0.717, 1.165) is 31.4 Å². The van der Waals surface area contributed by atoms with Crippen LogP contribution in [0.4, 0.5) is 11.5 Å². The number of fused-ring (bicyclic) bond motifs is 2. The molecule has 3 heterocycles. The molecule has 3 aromatic rings. The third kappa shape index (κ3) is 3.55. The van der Waals surface area contributed by atoms with Crippen LogP contribution < -0.4 is 19.7 Å². The molecule has 0 spiro atoms. The Morgan fingerprint density at radius 1 is 0.897 bits per heavy atom. The highest BCUT2D eigenvalue weighted by Gasteiger charge is 2.23. The fraction of sp³-hybridized carbons (Fsp3) is 0.318. The van der Waals surface area contributed by atoms with Gasteiger partial charge in [-0.2, -0.15) is 0 Å². The molecule has 2 aromatic carbocycles. The van der Waals surface area contributed by atoms with Gasteiger partial charge in [-0.05, 0) is 43.5 Å². The summed E-state index contributed by atoms with van der Waals surface area (Å²) in [7, 11) is 0. The Morgan fingerprint density at radius 3 is 2.41 bits per heavy atom. The summed E-state index contributed by atoms with van der Waals surface area (Å²) in [5, 5.41) is 2.95. The Labute approximate surface area is 168 Å². The molecule has 148 valence electrons. The summed E-state index contributed by atoms with van der Waals surface area (Å²) >= 11 is 0. The van der Waals surface area contributed by atoms with Crippen molar-refractivity contribution in [2.45, 2.75) is 19.3 Å². The zero-order valence-electron chi connectivity index (χ0n) is 16.1. The second-order valence-corrected chi connectivity index (χ2v) is 7.24. The van der Waals surface area contributed by atoms with Gasteiger partial charge in [0.05, 0.1) is 11.0 Å². The lowest BCUT2D eigenvalue weighted by Gasteiger charge is -2.29. The molecule has 1 saturated heterocycles. The smallest absolute Gasteiger partial charge is 0.278 e. The van der Waals surface area contributed by atoms with Crippen molar-refractivity contribution in [1.29, 1.82) is 0 Å². The predicted molar refractivity (Wildman–Crippen MR) is 111 cm³/mol. The fourth-order valence-electron chi connectivity index (χ4n) is 3.78. The minimum Gasteiger partial charge on any atom is -0.486 e. The van der Waals surface area contributed by atoms with E-state index in [2.05, 4.69) is 15.2 Å². The number of carbonyl (C=O) groups is 1. The third-order valence-electron chi connectivity index (χ3n) is 5.22. The van der Waals surface area contributed by atoms with Gasteiger partial charge in [-0.3, -0.25) is 4.79 Å². The standard InChI is InChI=1S/C22H22N4O3/c27-22(23-15-8-9-18-19(14-15)29-13-12-28-18)20-21(26-10-4-1-5-11-26)25-17-7-3-2-6-16(17)24-20/h2-3,6-9,14H,1,4-5,10-13H2,(H,23,27). The maximum absolute atomic E-state index is 13.2. The molecular formula is C22H22N4O3. The van der Waals surface area contributed by atoms with Crippen LogP contribution in [0.1, 0.15) is 29.8 Å². The van der Waals surface area contributed by atoms with Gasteiger partial charge in [0.2, 0.25) is 0 Å². The maximum Gasteiger partial charge on any atom is 0.278 e. The van der Waals surface area contributed by atoms with E-state index in [9.17, 15) is 4.79 Å². The number of para-hydroxylation sites is 2. The average Bonchev–Trinajstić information content (AvgIpc) is 2.78. The van der Waals surface area contributed by atoms with Crippen molar-refractivity contribution in [3.05, 3.63) is 48.2 Å². The van der Waals surface area contributed by atoms with Crippen molar-refractivity contribution in [2.75, 3.05) is 36.5 Å². The molecule has 0 aliphatic carbocycles. The molecule has 0 saturated carbocycles. The Morgan fingerprint density at radius 2 is 1.62 bits per heavy atom. The quantitative estimate of drug-likeness (QED) is 0.736. The molecule has 0 radical (unpaired) electrons. The van der Waals surface area contributed by atoms with Crippen LogP contribution in [-0.2, 0) is 0 Å². The van der Waals surface area contributed by atoms with Gasteiger partial charge in [0.25, 0.3) is 5.91 Å². The van der Waals surface area contributed by atoms with E-state index in [0.29, 0.717) is 47.4 Å². The lowest BCUT2D eigenvalue weighted by molar-refractivity contribution is 0.102. The first-order valence-electron chi connectivity index (χ1n) is 10.0. The maximum atomic E-state index is 13.2. The zero-order valence-corrected chi connectivity index (χ0v) is 16.1. The summed E-state index contributed by atoms with van der Waals surface area (Å²) in [4.78, 5) is 24.8. The molecule has 1 N–H and O–H groups in total. The minimum absolute atomic E-state index is 0.277. The molecule has 1 fully saturated rings. The van der Waals surface area contributed by atoms with Gasteiger partial charge in [-0.1, -0.05) is 12.1 Å². The Bertz CT molecular complexity index is 1060. The number of amides is 1. The van der Waals surface area contributed by atoms with Gasteiger partial charge in [-0.15, -0.1) is 0 Å². The summed E-state index contributed by atoms with van der Waals surface area (Å²) in [5.41, 5.74) is 2.49. The first kappa shape index (κ1) is 17.7. The van der Waals surface area contributed by atoms with Crippen molar-refractivity contribution >= 4 is 28.4 Å². The highest BCUT2D eigenvalue weighted by Crippen LogP contribution is 2.33. The van der Waals surface area contributed by atoms with E-state index >= 15 is 0 Å². The Hall–Kier alpha value is -3.35. The Kier molecular flexibility index (Phi) is 4.63. The van der Waals surface area contributed by atoms with Crippen molar-refractivity contribution in [3.8, 4) is 11.5 Å². The van der Waals surface area contributed by atoms with Crippen molar-refractivity contribution < 1.29 is 14.3 Å². The highest BCUT2D eigenvalue weighted by atomic mass is 16.6. The molecule has 5 rings (SSSR count). The SMILES string of the molecule is O=C(Nc1ccc2c(c1)OCCO2)c1nc2ccccc2nc1N1CCCCC1. The van der Waals surface area contributed by atoms with Crippen LogP contribution in [0.25, 0.3) is 11.0 Å². The van der Waals surface area contributed by atoms with Crippen LogP contribution in [0, 0.1) is 0 Å². The lowest BCUT2D eigenvalue weighted by atomic mass is 10.1. The summed E-state index contributed by atoms with van der Waals surface area (Å²) in [6, 6.07) is 13.0. The topological polar surface area (TPSA) is 76.6 Å². The molecule has 2 aliphatic rings. The molecule has 7 heteroatoms. The zero-order chi connectivity index (χ0) is 19.6. The highest BCUT2D eigenvalue weighted by molar-refractivity contribution is 6.07. The summed E-state index contributed by atoms with van der Waals surface area (Å²) < 4.78 is 11.2. The van der Waals surface area contributed by atoms with Crippen LogP contribution >= 0.6 is 0 Å². The molecular weight excluding hydrogens is 368 g/mol. The summed E-state index contributed by atoms with van der Waals surface area (Å²) in [6.45, 7) is 2.80. The number of nitrogens with zero attached hydrogens (tertiary/aromatic N) is 3. The van der Waals surface area contributed by atoms with E-state index < -0.39 is 0 Å². The minimum atomic E-state index is -0.277. The largest absolute Gasteiger partial charge is 0.486 e. The number of anilines is 2. The average molecular weight is 390 g/mol. The van der Waals surface area contributed by atoms with Gasteiger partial charge < -0.3 is 19.7 Å². The molecule has 1 aromatic heterocycles. The number of carbonyl (C=O) groups excluding carboxylic acids is 1. The van der Waals surface area contributed by atoms with E-state index in [-0.39, 0.29) is 5.91 Å². The summed E-state index contributed by atoms with van der Waals surface area (Å²) in [6.07, 6.45) is 3.39. The Balaban J connectivity index is 1.50. The third-order valence-corrected chi connectivity index (χ3v) is 5.22. The van der Waals surface area contributed by atoms with Crippen LogP contribution in [0.15, 0.2) is 42.5 Å². The van der Waals surface area contributed by atoms with Crippen molar-refractivity contribution in [1.82, 2.24) is 9.97 Å². The van der Waals surface area contributed by atoms with Crippen LogP contribution in [0.5, 0.6) is 11.5 Å². The number of hydrogen-bond donors (Lipinski definition) is 1. The molecule has 0 unspecified atom stereocenters. The lowest BCUT2D eigenvalue weighted by Crippen LogP contribution is -2.33. The predicted octanol–water partition coefficient (Wildman–Crippen LogP) is 3.64. The molecule has 0 bridgehead atoms. The second-order valence-electron chi connectivity index (χ2n) is 7.24. The van der Waals surface area contributed by atoms with Crippen molar-refractivity contribution in [3.63, 3.8) is 0 Å². The molecule has 2 aliphatic heterocycles. The number of ether oxygens (including phenoxy) is 2. The van der Waals surface area contributed by atoms with Gasteiger partial charge >= 0.3 is 0 Å². The normalized spacial score (nSPS) is 15.9. The van der Waals surface area contributed by atoms with E-state index in [1.807, 2.05) is 30.3 Å².